The van der Waals surface area contributed by atoms with Gasteiger partial charge in [0.05, 0.1) is 12.9 Å². The number of benzene rings is 1. The molecule has 26 heavy (non-hydrogen) atoms. The Morgan fingerprint density at radius 1 is 1.15 bits per heavy atom. The number of ether oxygens (including phenoxy) is 1. The third-order valence-corrected chi connectivity index (χ3v) is 3.91. The maximum atomic E-state index is 11.7. The van der Waals surface area contributed by atoms with Crippen LogP contribution in [-0.4, -0.2) is 59.8 Å². The average molecular weight is 361 g/mol. The third-order valence-electron chi connectivity index (χ3n) is 3.91. The van der Waals surface area contributed by atoms with E-state index in [2.05, 4.69) is 15.0 Å². The van der Waals surface area contributed by atoms with Crippen molar-refractivity contribution in [2.24, 2.45) is 0 Å². The SMILES string of the molecule is Nc1nc2c(ncn2[C@@H]2O[C@H](CO)[C@@H](O)[C@H]2O)c(=O)[nH]1.c1ccccc1. The second kappa shape index (κ2) is 7.62. The van der Waals surface area contributed by atoms with Gasteiger partial charge in [-0.1, -0.05) is 36.4 Å². The van der Waals surface area contributed by atoms with Crippen LogP contribution in [0.2, 0.25) is 0 Å². The molecule has 0 bridgehead atoms. The number of nitrogen functional groups attached to an aromatic ring is 1. The quantitative estimate of drug-likeness (QED) is 0.388. The number of imidazole rings is 1. The Bertz CT molecular complexity index is 886. The van der Waals surface area contributed by atoms with Gasteiger partial charge in [0.2, 0.25) is 5.95 Å². The maximum Gasteiger partial charge on any atom is 0.280 e. The molecule has 0 amide bonds. The molecule has 0 radical (unpaired) electrons. The Labute approximate surface area is 147 Å². The van der Waals surface area contributed by atoms with Crippen LogP contribution in [0.3, 0.4) is 0 Å². The van der Waals surface area contributed by atoms with E-state index >= 15 is 0 Å². The normalized spacial score (nSPS) is 25.0. The minimum Gasteiger partial charge on any atom is -0.394 e. The first-order chi connectivity index (χ1) is 12.5. The van der Waals surface area contributed by atoms with E-state index in [9.17, 15) is 15.0 Å². The van der Waals surface area contributed by atoms with Gasteiger partial charge >= 0.3 is 0 Å². The van der Waals surface area contributed by atoms with Crippen LogP contribution >= 0.6 is 0 Å². The van der Waals surface area contributed by atoms with Crippen LogP contribution in [-0.2, 0) is 4.74 Å². The van der Waals surface area contributed by atoms with Crippen molar-refractivity contribution >= 4 is 17.1 Å². The topological polar surface area (TPSA) is 160 Å². The average Bonchev–Trinajstić information content (AvgIpc) is 3.19. The van der Waals surface area contributed by atoms with Crippen LogP contribution in [0.15, 0.2) is 47.5 Å². The van der Waals surface area contributed by atoms with Crippen LogP contribution in [0, 0.1) is 0 Å². The van der Waals surface area contributed by atoms with Gasteiger partial charge in [-0.3, -0.25) is 14.3 Å². The summed E-state index contributed by atoms with van der Waals surface area (Å²) in [5, 5.41) is 28.7. The highest BCUT2D eigenvalue weighted by Crippen LogP contribution is 2.30. The van der Waals surface area contributed by atoms with Crippen molar-refractivity contribution in [2.45, 2.75) is 24.5 Å². The maximum absolute atomic E-state index is 11.7. The lowest BCUT2D eigenvalue weighted by Gasteiger charge is -2.16. The lowest BCUT2D eigenvalue weighted by Crippen LogP contribution is -2.33. The van der Waals surface area contributed by atoms with Crippen LogP contribution in [0.1, 0.15) is 6.23 Å². The van der Waals surface area contributed by atoms with E-state index in [4.69, 9.17) is 15.6 Å². The van der Waals surface area contributed by atoms with Gasteiger partial charge in [0.25, 0.3) is 5.56 Å². The van der Waals surface area contributed by atoms with Crippen molar-refractivity contribution < 1.29 is 20.1 Å². The van der Waals surface area contributed by atoms with Crippen molar-refractivity contribution in [3.63, 3.8) is 0 Å². The molecule has 0 unspecified atom stereocenters. The van der Waals surface area contributed by atoms with Gasteiger partial charge in [-0.15, -0.1) is 0 Å². The second-order valence-corrected chi connectivity index (χ2v) is 5.66. The number of nitrogens with zero attached hydrogens (tertiary/aromatic N) is 3. The minimum absolute atomic E-state index is 0.0388. The van der Waals surface area contributed by atoms with Gasteiger partial charge < -0.3 is 25.8 Å². The van der Waals surface area contributed by atoms with Gasteiger partial charge in [0, 0.05) is 0 Å². The molecule has 1 saturated heterocycles. The number of H-pyrrole nitrogens is 1. The van der Waals surface area contributed by atoms with E-state index in [1.165, 1.54) is 10.9 Å². The summed E-state index contributed by atoms with van der Waals surface area (Å²) in [6.45, 7) is -0.447. The van der Waals surface area contributed by atoms with Gasteiger partial charge in [-0.2, -0.15) is 4.98 Å². The van der Waals surface area contributed by atoms with Crippen LogP contribution in [0.5, 0.6) is 0 Å². The number of aromatic amines is 1. The number of aliphatic hydroxyl groups excluding tert-OH is 3. The zero-order valence-electron chi connectivity index (χ0n) is 13.6. The summed E-state index contributed by atoms with van der Waals surface area (Å²) in [6, 6.07) is 12.0. The van der Waals surface area contributed by atoms with E-state index in [0.29, 0.717) is 0 Å². The number of nitrogens with one attached hydrogen (secondary N) is 1. The van der Waals surface area contributed by atoms with Crippen molar-refractivity contribution in [3.05, 3.63) is 53.1 Å². The molecular weight excluding hydrogens is 342 g/mol. The molecule has 2 aromatic heterocycles. The predicted molar refractivity (Wildman–Crippen MR) is 92.0 cm³/mol. The molecule has 138 valence electrons. The van der Waals surface area contributed by atoms with E-state index in [-0.39, 0.29) is 17.1 Å². The molecule has 0 aliphatic carbocycles. The summed E-state index contributed by atoms with van der Waals surface area (Å²) in [7, 11) is 0. The number of anilines is 1. The molecule has 3 heterocycles. The van der Waals surface area contributed by atoms with Gasteiger partial charge in [0.15, 0.2) is 17.4 Å². The van der Waals surface area contributed by atoms with E-state index < -0.39 is 36.7 Å². The fourth-order valence-corrected chi connectivity index (χ4v) is 2.62. The summed E-state index contributed by atoms with van der Waals surface area (Å²) in [5.41, 5.74) is 5.12. The largest absolute Gasteiger partial charge is 0.394 e. The fraction of sp³-hybridized carbons (Fsp3) is 0.312. The zero-order chi connectivity index (χ0) is 18.7. The molecule has 1 aliphatic rings. The number of aromatic nitrogens is 4. The molecular formula is C16H19N5O5. The fourth-order valence-electron chi connectivity index (χ4n) is 2.62. The molecule has 6 N–H and O–H groups in total. The lowest BCUT2D eigenvalue weighted by atomic mass is 10.1. The summed E-state index contributed by atoms with van der Waals surface area (Å²) < 4.78 is 6.64. The Balaban J connectivity index is 0.000000278. The molecule has 1 fully saturated rings. The molecule has 1 aliphatic heterocycles. The molecule has 0 spiro atoms. The lowest BCUT2D eigenvalue weighted by molar-refractivity contribution is -0.0511. The van der Waals surface area contributed by atoms with Crippen molar-refractivity contribution in [2.75, 3.05) is 12.3 Å². The van der Waals surface area contributed by atoms with Gasteiger partial charge in [0.1, 0.15) is 18.3 Å². The first-order valence-corrected chi connectivity index (χ1v) is 7.87. The molecule has 4 rings (SSSR count). The van der Waals surface area contributed by atoms with Crippen LogP contribution < -0.4 is 11.3 Å². The van der Waals surface area contributed by atoms with Crippen molar-refractivity contribution in [1.29, 1.82) is 0 Å². The monoisotopic (exact) mass is 361 g/mol. The summed E-state index contributed by atoms with van der Waals surface area (Å²) in [6.07, 6.45) is -3.21. The summed E-state index contributed by atoms with van der Waals surface area (Å²) >= 11 is 0. The number of aliphatic hydroxyl groups is 3. The number of nitrogens with two attached hydrogens (primary N) is 1. The first-order valence-electron chi connectivity index (χ1n) is 7.87. The Hall–Kier alpha value is -2.79. The zero-order valence-corrected chi connectivity index (χ0v) is 13.6. The molecule has 0 saturated carbocycles. The molecule has 10 nitrogen and oxygen atoms in total. The van der Waals surface area contributed by atoms with Crippen LogP contribution in [0.25, 0.3) is 11.2 Å². The highest BCUT2D eigenvalue weighted by Gasteiger charge is 2.44. The summed E-state index contributed by atoms with van der Waals surface area (Å²) in [4.78, 5) is 21.8. The molecule has 4 atom stereocenters. The molecule has 10 heteroatoms. The Morgan fingerprint density at radius 3 is 2.31 bits per heavy atom. The Morgan fingerprint density at radius 2 is 1.77 bits per heavy atom. The van der Waals surface area contributed by atoms with E-state index in [1.54, 1.807) is 0 Å². The van der Waals surface area contributed by atoms with Crippen molar-refractivity contribution in [3.8, 4) is 0 Å². The number of hydrogen-bond donors (Lipinski definition) is 5. The predicted octanol–water partition coefficient (Wildman–Crippen LogP) is -1.00. The summed E-state index contributed by atoms with van der Waals surface area (Å²) in [5.74, 6) is -0.101. The smallest absolute Gasteiger partial charge is 0.280 e. The highest BCUT2D eigenvalue weighted by molar-refractivity contribution is 5.70. The van der Waals surface area contributed by atoms with E-state index in [1.807, 2.05) is 36.4 Å². The van der Waals surface area contributed by atoms with Gasteiger partial charge in [-0.25, -0.2) is 4.98 Å². The second-order valence-electron chi connectivity index (χ2n) is 5.66. The third kappa shape index (κ3) is 3.44. The minimum atomic E-state index is -1.29. The van der Waals surface area contributed by atoms with Gasteiger partial charge in [-0.05, 0) is 0 Å². The van der Waals surface area contributed by atoms with E-state index in [0.717, 1.165) is 0 Å². The number of fused-ring (bicyclic) bond motifs is 1. The standard InChI is InChI=1S/C10H13N5O5.C6H6/c11-10-13-7-4(8(19)14-10)12-2-15(7)9-6(18)5(17)3(1-16)20-9;1-2-4-6-5-3-1/h2-3,5-6,9,16-18H,1H2,(H3,11,13,14,19);1-6H/t3-,5-,6-,9-;/m1./s1. The Kier molecular flexibility index (Phi) is 5.28. The first kappa shape index (κ1) is 18.0. The highest BCUT2D eigenvalue weighted by atomic mass is 16.6. The molecule has 3 aromatic rings. The van der Waals surface area contributed by atoms with Crippen LogP contribution in [0.4, 0.5) is 5.95 Å². The number of rotatable bonds is 2. The molecule has 1 aromatic carbocycles. The van der Waals surface area contributed by atoms with Crippen molar-refractivity contribution in [1.82, 2.24) is 19.5 Å². The number of hydrogen-bond acceptors (Lipinski definition) is 8.